The van der Waals surface area contributed by atoms with E-state index in [0.717, 1.165) is 63.4 Å². The molecule has 3 aliphatic rings. The predicted octanol–water partition coefficient (Wildman–Crippen LogP) is 2.87. The van der Waals surface area contributed by atoms with Gasteiger partial charge in [-0.05, 0) is 49.3 Å². The Morgan fingerprint density at radius 3 is 2.75 bits per heavy atom. The monoisotopic (exact) mass is 434 g/mol. The first-order chi connectivity index (χ1) is 15.6. The molecule has 1 aromatic carbocycles. The van der Waals surface area contributed by atoms with Gasteiger partial charge < -0.3 is 19.1 Å². The summed E-state index contributed by atoms with van der Waals surface area (Å²) in [6, 6.07) is 6.16. The van der Waals surface area contributed by atoms with Crippen LogP contribution in [0.3, 0.4) is 0 Å². The molecule has 7 heteroatoms. The number of carbonyl (C=O) groups excluding carboxylic acids is 1. The van der Waals surface area contributed by atoms with E-state index in [-0.39, 0.29) is 18.0 Å². The zero-order chi connectivity index (χ0) is 22.1. The Kier molecular flexibility index (Phi) is 5.83. The van der Waals surface area contributed by atoms with Crippen molar-refractivity contribution < 1.29 is 9.53 Å². The number of ether oxygens (including phenoxy) is 1. The van der Waals surface area contributed by atoms with Crippen molar-refractivity contribution in [2.75, 3.05) is 42.6 Å². The predicted molar refractivity (Wildman–Crippen MR) is 125 cm³/mol. The first kappa shape index (κ1) is 20.9. The van der Waals surface area contributed by atoms with Gasteiger partial charge in [0.15, 0.2) is 0 Å². The van der Waals surface area contributed by atoms with Crippen LogP contribution in [-0.2, 0) is 22.5 Å². The van der Waals surface area contributed by atoms with E-state index in [2.05, 4.69) is 29.0 Å². The summed E-state index contributed by atoms with van der Waals surface area (Å²) in [4.78, 5) is 34.2. The number of benzene rings is 1. The van der Waals surface area contributed by atoms with Crippen LogP contribution in [0.15, 0.2) is 41.5 Å². The second-order valence-corrected chi connectivity index (χ2v) is 9.02. The van der Waals surface area contributed by atoms with Crippen LogP contribution in [0.25, 0.3) is 5.57 Å². The summed E-state index contributed by atoms with van der Waals surface area (Å²) in [6.45, 7) is 6.12. The van der Waals surface area contributed by atoms with Crippen molar-refractivity contribution in [3.63, 3.8) is 0 Å². The Hall–Kier alpha value is -2.93. The second kappa shape index (κ2) is 8.90. The molecule has 3 heterocycles. The second-order valence-electron chi connectivity index (χ2n) is 9.02. The van der Waals surface area contributed by atoms with Gasteiger partial charge in [0.1, 0.15) is 6.54 Å². The molecule has 1 aromatic heterocycles. The molecular weight excluding hydrogens is 404 g/mol. The molecule has 0 bridgehead atoms. The SMILES string of the molecule is CC1CC=C(c2cn(CC(=O)N3CCc4c(N5CCOCC5)cccc43)c(=O)cn2)CC1. The number of anilines is 2. The van der Waals surface area contributed by atoms with Crippen molar-refractivity contribution in [3.05, 3.63) is 58.3 Å². The highest BCUT2D eigenvalue weighted by Crippen LogP contribution is 2.36. The summed E-state index contributed by atoms with van der Waals surface area (Å²) in [6.07, 6.45) is 9.27. The van der Waals surface area contributed by atoms with Crippen LogP contribution >= 0.6 is 0 Å². The van der Waals surface area contributed by atoms with E-state index in [9.17, 15) is 9.59 Å². The van der Waals surface area contributed by atoms with Gasteiger partial charge in [0.05, 0.1) is 25.1 Å². The molecule has 1 aliphatic carbocycles. The molecule has 1 atom stereocenters. The molecule has 0 radical (unpaired) electrons. The number of morpholine rings is 1. The molecule has 0 N–H and O–H groups in total. The van der Waals surface area contributed by atoms with Gasteiger partial charge in [-0.15, -0.1) is 0 Å². The smallest absolute Gasteiger partial charge is 0.269 e. The van der Waals surface area contributed by atoms with Crippen molar-refractivity contribution in [2.45, 2.75) is 39.2 Å². The number of rotatable bonds is 4. The third-order valence-electron chi connectivity index (χ3n) is 6.84. The number of fused-ring (bicyclic) bond motifs is 1. The van der Waals surface area contributed by atoms with Gasteiger partial charge in [0.25, 0.3) is 5.56 Å². The fraction of sp³-hybridized carbons (Fsp3) is 0.480. The van der Waals surface area contributed by atoms with E-state index in [1.54, 1.807) is 6.20 Å². The van der Waals surface area contributed by atoms with Crippen molar-refractivity contribution in [2.24, 2.45) is 5.92 Å². The highest BCUT2D eigenvalue weighted by molar-refractivity contribution is 5.96. The first-order valence-electron chi connectivity index (χ1n) is 11.6. The molecule has 1 amide bonds. The topological polar surface area (TPSA) is 67.7 Å². The van der Waals surface area contributed by atoms with E-state index in [1.165, 1.54) is 27.6 Å². The van der Waals surface area contributed by atoms with Gasteiger partial charge >= 0.3 is 0 Å². The highest BCUT2D eigenvalue weighted by Gasteiger charge is 2.28. The standard InChI is InChI=1S/C25H30N4O3/c1-18-5-7-19(8-6-18)21-16-28(24(30)15-26-21)17-25(31)29-10-9-20-22(3-2-4-23(20)29)27-11-13-32-14-12-27/h2-4,7,15-16,18H,5-6,8-14,17H2,1H3. The number of nitrogens with zero attached hydrogens (tertiary/aromatic N) is 4. The van der Waals surface area contributed by atoms with Crippen LogP contribution in [-0.4, -0.2) is 48.3 Å². The summed E-state index contributed by atoms with van der Waals surface area (Å²) in [5.41, 5.74) is 5.11. The third kappa shape index (κ3) is 4.09. The average Bonchev–Trinajstić information content (AvgIpc) is 3.26. The molecule has 0 spiro atoms. The number of hydrogen-bond acceptors (Lipinski definition) is 5. The fourth-order valence-electron chi connectivity index (χ4n) is 4.94. The van der Waals surface area contributed by atoms with Gasteiger partial charge in [-0.3, -0.25) is 9.59 Å². The van der Waals surface area contributed by atoms with Crippen molar-refractivity contribution in [1.29, 1.82) is 0 Å². The Balaban J connectivity index is 1.36. The van der Waals surface area contributed by atoms with Crippen LogP contribution in [0.4, 0.5) is 11.4 Å². The lowest BCUT2D eigenvalue weighted by atomic mass is 9.90. The lowest BCUT2D eigenvalue weighted by Crippen LogP contribution is -2.37. The summed E-state index contributed by atoms with van der Waals surface area (Å²) in [5.74, 6) is 0.622. The number of hydrogen-bond donors (Lipinski definition) is 0. The molecule has 32 heavy (non-hydrogen) atoms. The third-order valence-corrected chi connectivity index (χ3v) is 6.84. The van der Waals surface area contributed by atoms with Crippen LogP contribution < -0.4 is 15.4 Å². The van der Waals surface area contributed by atoms with Gasteiger partial charge in [-0.25, -0.2) is 4.98 Å². The summed E-state index contributed by atoms with van der Waals surface area (Å²) in [5, 5.41) is 0. The molecule has 2 aromatic rings. The Morgan fingerprint density at radius 2 is 1.97 bits per heavy atom. The number of allylic oxidation sites excluding steroid dienone is 2. The molecular formula is C25H30N4O3. The highest BCUT2D eigenvalue weighted by atomic mass is 16.5. The number of amides is 1. The Morgan fingerprint density at radius 1 is 1.16 bits per heavy atom. The lowest BCUT2D eigenvalue weighted by molar-refractivity contribution is -0.119. The maximum atomic E-state index is 13.2. The molecule has 168 valence electrons. The van der Waals surface area contributed by atoms with Gasteiger partial charge in [-0.1, -0.05) is 19.1 Å². The summed E-state index contributed by atoms with van der Waals surface area (Å²) < 4.78 is 7.00. The van der Waals surface area contributed by atoms with E-state index >= 15 is 0 Å². The Labute approximate surface area is 188 Å². The maximum Gasteiger partial charge on any atom is 0.269 e. The maximum absolute atomic E-state index is 13.2. The fourth-order valence-corrected chi connectivity index (χ4v) is 4.94. The molecule has 7 nitrogen and oxygen atoms in total. The molecule has 1 fully saturated rings. The minimum absolute atomic E-state index is 0.0270. The van der Waals surface area contributed by atoms with Gasteiger partial charge in [0.2, 0.25) is 5.91 Å². The van der Waals surface area contributed by atoms with E-state index in [0.29, 0.717) is 12.5 Å². The molecule has 5 rings (SSSR count). The van der Waals surface area contributed by atoms with Crippen molar-refractivity contribution in [3.8, 4) is 0 Å². The summed E-state index contributed by atoms with van der Waals surface area (Å²) in [7, 11) is 0. The van der Waals surface area contributed by atoms with Crippen molar-refractivity contribution >= 4 is 22.9 Å². The largest absolute Gasteiger partial charge is 0.378 e. The van der Waals surface area contributed by atoms with E-state index in [1.807, 2.05) is 17.0 Å². The lowest BCUT2D eigenvalue weighted by Gasteiger charge is -2.30. The minimum atomic E-state index is -0.242. The Bertz CT molecular complexity index is 1100. The number of aromatic nitrogens is 2. The quantitative estimate of drug-likeness (QED) is 0.740. The minimum Gasteiger partial charge on any atom is -0.378 e. The van der Waals surface area contributed by atoms with E-state index in [4.69, 9.17) is 4.74 Å². The normalized spacial score (nSPS) is 20.8. The van der Waals surface area contributed by atoms with E-state index < -0.39 is 0 Å². The zero-order valence-corrected chi connectivity index (χ0v) is 18.6. The molecule has 1 unspecified atom stereocenters. The van der Waals surface area contributed by atoms with Crippen LogP contribution in [0, 0.1) is 5.92 Å². The number of carbonyl (C=O) groups is 1. The first-order valence-corrected chi connectivity index (χ1v) is 11.6. The molecule has 0 saturated carbocycles. The summed E-state index contributed by atoms with van der Waals surface area (Å²) >= 11 is 0. The van der Waals surface area contributed by atoms with Crippen LogP contribution in [0.2, 0.25) is 0 Å². The molecule has 2 aliphatic heterocycles. The van der Waals surface area contributed by atoms with Crippen LogP contribution in [0.5, 0.6) is 0 Å². The molecule has 1 saturated heterocycles. The van der Waals surface area contributed by atoms with Gasteiger partial charge in [0, 0.05) is 42.8 Å². The average molecular weight is 435 g/mol. The van der Waals surface area contributed by atoms with Crippen LogP contribution in [0.1, 0.15) is 37.4 Å². The zero-order valence-electron chi connectivity index (χ0n) is 18.6. The van der Waals surface area contributed by atoms with Gasteiger partial charge in [-0.2, -0.15) is 0 Å². The van der Waals surface area contributed by atoms with Crippen molar-refractivity contribution in [1.82, 2.24) is 9.55 Å².